The smallest absolute Gasteiger partial charge is 0.354 e. The van der Waals surface area contributed by atoms with Gasteiger partial charge in [-0.1, -0.05) is 0 Å². The number of rotatable bonds is 5. The molecule has 0 saturated carbocycles. The first kappa shape index (κ1) is 12.8. The Labute approximate surface area is 108 Å². The van der Waals surface area contributed by atoms with Gasteiger partial charge in [0.2, 0.25) is 0 Å². The Bertz CT molecular complexity index is 588. The predicted octanol–water partition coefficient (Wildman–Crippen LogP) is -0.255. The van der Waals surface area contributed by atoms with Crippen LogP contribution in [0.15, 0.2) is 24.7 Å². The molecule has 2 aromatic heterocycles. The molecule has 2 rings (SSSR count). The van der Waals surface area contributed by atoms with E-state index < -0.39 is 11.9 Å². The van der Waals surface area contributed by atoms with E-state index in [0.717, 1.165) is 4.68 Å². The lowest BCUT2D eigenvalue weighted by Crippen LogP contribution is -2.28. The van der Waals surface area contributed by atoms with Crippen LogP contribution in [0.1, 0.15) is 20.8 Å². The summed E-state index contributed by atoms with van der Waals surface area (Å²) < 4.78 is 2.83. The maximum absolute atomic E-state index is 11.9. The molecule has 0 fully saturated rings. The van der Waals surface area contributed by atoms with Crippen molar-refractivity contribution in [2.24, 2.45) is 7.05 Å². The van der Waals surface area contributed by atoms with Gasteiger partial charge >= 0.3 is 5.97 Å². The highest BCUT2D eigenvalue weighted by Gasteiger charge is 2.20. The molecule has 0 atom stereocenters. The van der Waals surface area contributed by atoms with E-state index in [2.05, 4.69) is 15.5 Å². The minimum absolute atomic E-state index is 0.0514. The number of nitrogens with one attached hydrogen (secondary N) is 1. The Morgan fingerprint density at radius 1 is 1.42 bits per heavy atom. The molecule has 100 valence electrons. The van der Waals surface area contributed by atoms with E-state index >= 15 is 0 Å². The molecule has 0 saturated heterocycles. The predicted molar refractivity (Wildman–Crippen MR) is 64.7 cm³/mol. The van der Waals surface area contributed by atoms with Gasteiger partial charge in [0.25, 0.3) is 5.91 Å². The normalized spacial score (nSPS) is 10.4. The Balaban J connectivity index is 1.98. The SMILES string of the molecule is Cn1ncc(C(=O)NCCn2cccn2)c1C(=O)O. The number of nitrogens with zero attached hydrogens (tertiary/aromatic N) is 4. The maximum atomic E-state index is 11.9. The maximum Gasteiger partial charge on any atom is 0.354 e. The minimum Gasteiger partial charge on any atom is -0.477 e. The number of hydrogen-bond donors (Lipinski definition) is 2. The zero-order valence-electron chi connectivity index (χ0n) is 10.3. The first-order valence-corrected chi connectivity index (χ1v) is 5.60. The van der Waals surface area contributed by atoms with Gasteiger partial charge in [-0.2, -0.15) is 10.2 Å². The van der Waals surface area contributed by atoms with Crippen molar-refractivity contribution in [1.82, 2.24) is 24.9 Å². The number of carboxylic acids is 1. The van der Waals surface area contributed by atoms with Gasteiger partial charge in [0.1, 0.15) is 0 Å². The third kappa shape index (κ3) is 2.79. The Kier molecular flexibility index (Phi) is 3.60. The fraction of sp³-hybridized carbons (Fsp3) is 0.273. The van der Waals surface area contributed by atoms with E-state index in [9.17, 15) is 9.59 Å². The van der Waals surface area contributed by atoms with Crippen LogP contribution in [-0.4, -0.2) is 43.1 Å². The first-order valence-electron chi connectivity index (χ1n) is 5.60. The number of amides is 1. The summed E-state index contributed by atoms with van der Waals surface area (Å²) in [5, 5.41) is 19.4. The lowest BCUT2D eigenvalue weighted by atomic mass is 10.2. The molecule has 2 heterocycles. The summed E-state index contributed by atoms with van der Waals surface area (Å²) in [4.78, 5) is 22.9. The van der Waals surface area contributed by atoms with Crippen LogP contribution >= 0.6 is 0 Å². The number of carbonyl (C=O) groups is 2. The van der Waals surface area contributed by atoms with Crippen LogP contribution in [0, 0.1) is 0 Å². The highest BCUT2D eigenvalue weighted by molar-refractivity contribution is 6.03. The number of aromatic nitrogens is 4. The molecule has 1 amide bonds. The van der Waals surface area contributed by atoms with Gasteiger partial charge in [0, 0.05) is 26.0 Å². The summed E-state index contributed by atoms with van der Waals surface area (Å²) >= 11 is 0. The molecule has 0 spiro atoms. The molecular weight excluding hydrogens is 250 g/mol. The van der Waals surface area contributed by atoms with Crippen molar-refractivity contribution in [3.8, 4) is 0 Å². The Morgan fingerprint density at radius 2 is 2.21 bits per heavy atom. The van der Waals surface area contributed by atoms with Crippen LogP contribution in [-0.2, 0) is 13.6 Å². The third-order valence-electron chi connectivity index (χ3n) is 2.57. The van der Waals surface area contributed by atoms with Gasteiger partial charge in [-0.15, -0.1) is 0 Å². The molecule has 0 aliphatic heterocycles. The summed E-state index contributed by atoms with van der Waals surface area (Å²) in [6.07, 6.45) is 4.66. The molecule has 0 unspecified atom stereocenters. The van der Waals surface area contributed by atoms with Crippen molar-refractivity contribution in [1.29, 1.82) is 0 Å². The fourth-order valence-electron chi connectivity index (χ4n) is 1.67. The number of aromatic carboxylic acids is 1. The number of aryl methyl sites for hydroxylation is 1. The molecule has 0 bridgehead atoms. The molecular formula is C11H13N5O3. The van der Waals surface area contributed by atoms with Crippen LogP contribution in [0.25, 0.3) is 0 Å². The molecule has 0 radical (unpaired) electrons. The highest BCUT2D eigenvalue weighted by atomic mass is 16.4. The van der Waals surface area contributed by atoms with Crippen molar-refractivity contribution in [3.63, 3.8) is 0 Å². The quantitative estimate of drug-likeness (QED) is 0.774. The van der Waals surface area contributed by atoms with Crippen LogP contribution in [0.4, 0.5) is 0 Å². The monoisotopic (exact) mass is 263 g/mol. The number of hydrogen-bond acceptors (Lipinski definition) is 4. The van der Waals surface area contributed by atoms with Crippen molar-refractivity contribution >= 4 is 11.9 Å². The van der Waals surface area contributed by atoms with E-state index in [1.54, 1.807) is 23.1 Å². The van der Waals surface area contributed by atoms with Crippen molar-refractivity contribution in [3.05, 3.63) is 35.9 Å². The van der Waals surface area contributed by atoms with E-state index in [0.29, 0.717) is 13.1 Å². The molecule has 0 aromatic carbocycles. The molecule has 19 heavy (non-hydrogen) atoms. The highest BCUT2D eigenvalue weighted by Crippen LogP contribution is 2.07. The number of carboxylic acid groups (broad SMARTS) is 1. The molecule has 8 heteroatoms. The summed E-state index contributed by atoms with van der Waals surface area (Å²) in [7, 11) is 1.48. The van der Waals surface area contributed by atoms with E-state index in [-0.39, 0.29) is 11.3 Å². The zero-order chi connectivity index (χ0) is 13.8. The lowest BCUT2D eigenvalue weighted by molar-refractivity contribution is 0.0679. The van der Waals surface area contributed by atoms with Gasteiger partial charge in [-0.25, -0.2) is 4.79 Å². The van der Waals surface area contributed by atoms with Gasteiger partial charge in [0.05, 0.1) is 18.3 Å². The van der Waals surface area contributed by atoms with Crippen molar-refractivity contribution < 1.29 is 14.7 Å². The topological polar surface area (TPSA) is 102 Å². The van der Waals surface area contributed by atoms with Crippen LogP contribution in [0.5, 0.6) is 0 Å². The van der Waals surface area contributed by atoms with Gasteiger partial charge in [0.15, 0.2) is 5.69 Å². The summed E-state index contributed by atoms with van der Waals surface area (Å²) in [5.74, 6) is -1.64. The lowest BCUT2D eigenvalue weighted by Gasteiger charge is -2.05. The molecule has 0 aliphatic rings. The second kappa shape index (κ2) is 5.34. The molecule has 8 nitrogen and oxygen atoms in total. The van der Waals surface area contributed by atoms with Crippen LogP contribution < -0.4 is 5.32 Å². The van der Waals surface area contributed by atoms with Crippen LogP contribution in [0.2, 0.25) is 0 Å². The molecule has 0 aliphatic carbocycles. The van der Waals surface area contributed by atoms with Gasteiger partial charge < -0.3 is 10.4 Å². The number of carbonyl (C=O) groups excluding carboxylic acids is 1. The van der Waals surface area contributed by atoms with Crippen molar-refractivity contribution in [2.75, 3.05) is 6.54 Å². The summed E-state index contributed by atoms with van der Waals surface area (Å²) in [5.41, 5.74) is -0.0768. The van der Waals surface area contributed by atoms with Crippen LogP contribution in [0.3, 0.4) is 0 Å². The Morgan fingerprint density at radius 3 is 2.84 bits per heavy atom. The van der Waals surface area contributed by atoms with E-state index in [4.69, 9.17) is 5.11 Å². The van der Waals surface area contributed by atoms with Crippen molar-refractivity contribution in [2.45, 2.75) is 6.54 Å². The average molecular weight is 263 g/mol. The largest absolute Gasteiger partial charge is 0.477 e. The zero-order valence-corrected chi connectivity index (χ0v) is 10.3. The molecule has 2 aromatic rings. The summed E-state index contributed by atoms with van der Waals surface area (Å²) in [6.45, 7) is 0.871. The first-order chi connectivity index (χ1) is 9.09. The standard InChI is InChI=1S/C11H13N5O3/c1-15-9(11(18)19)8(7-14-15)10(17)12-4-6-16-5-2-3-13-16/h2-3,5,7H,4,6H2,1H3,(H,12,17)(H,18,19). The second-order valence-electron chi connectivity index (χ2n) is 3.86. The average Bonchev–Trinajstić information content (AvgIpc) is 2.97. The molecule has 2 N–H and O–H groups in total. The fourth-order valence-corrected chi connectivity index (χ4v) is 1.67. The third-order valence-corrected chi connectivity index (χ3v) is 2.57. The minimum atomic E-state index is -1.18. The van der Waals surface area contributed by atoms with Gasteiger partial charge in [-0.3, -0.25) is 14.2 Å². The van der Waals surface area contributed by atoms with Gasteiger partial charge in [-0.05, 0) is 6.07 Å². The van der Waals surface area contributed by atoms with E-state index in [1.807, 2.05) is 0 Å². The van der Waals surface area contributed by atoms with E-state index in [1.165, 1.54) is 13.2 Å². The second-order valence-corrected chi connectivity index (χ2v) is 3.86. The Hall–Kier alpha value is -2.64. The summed E-state index contributed by atoms with van der Waals surface area (Å²) in [6, 6.07) is 1.78.